The van der Waals surface area contributed by atoms with Crippen molar-refractivity contribution in [3.05, 3.63) is 41.6 Å². The zero-order chi connectivity index (χ0) is 21.8. The van der Waals surface area contributed by atoms with Gasteiger partial charge in [0.25, 0.3) is 0 Å². The van der Waals surface area contributed by atoms with Gasteiger partial charge >= 0.3 is 6.03 Å². The third-order valence-corrected chi connectivity index (χ3v) is 4.50. The lowest BCUT2D eigenvalue weighted by Gasteiger charge is -2.25. The van der Waals surface area contributed by atoms with Gasteiger partial charge in [-0.05, 0) is 25.5 Å². The summed E-state index contributed by atoms with van der Waals surface area (Å²) in [7, 11) is 3.37. The number of aryl methyl sites for hydroxylation is 1. The summed E-state index contributed by atoms with van der Waals surface area (Å²) in [6.45, 7) is 10.8. The first-order chi connectivity index (χ1) is 13.5. The second kappa shape index (κ2) is 9.11. The molecule has 0 aliphatic rings. The van der Waals surface area contributed by atoms with Crippen LogP contribution in [0.25, 0.3) is 5.69 Å². The fourth-order valence-corrected chi connectivity index (χ4v) is 2.87. The second-order valence-corrected chi connectivity index (χ2v) is 8.56. The Morgan fingerprint density at radius 1 is 1.14 bits per heavy atom. The molecule has 1 heterocycles. The lowest BCUT2D eigenvalue weighted by Crippen LogP contribution is -2.43. The Kier molecular flexibility index (Phi) is 7.06. The third kappa shape index (κ3) is 5.82. The summed E-state index contributed by atoms with van der Waals surface area (Å²) in [5, 5.41) is 7.67. The Morgan fingerprint density at radius 3 is 2.28 bits per heavy atom. The van der Waals surface area contributed by atoms with Crippen molar-refractivity contribution in [3.63, 3.8) is 0 Å². The lowest BCUT2D eigenvalue weighted by atomic mass is 9.92. The highest BCUT2D eigenvalue weighted by Crippen LogP contribution is 2.26. The predicted octanol–water partition coefficient (Wildman–Crippen LogP) is 3.81. The van der Waals surface area contributed by atoms with Crippen LogP contribution < -0.4 is 5.32 Å². The zero-order valence-electron chi connectivity index (χ0n) is 18.6. The van der Waals surface area contributed by atoms with E-state index in [2.05, 4.69) is 26.1 Å². The first-order valence-electron chi connectivity index (χ1n) is 9.96. The van der Waals surface area contributed by atoms with Gasteiger partial charge < -0.3 is 15.1 Å². The molecule has 0 unspecified atom stereocenters. The molecular formula is C22H33N5O2. The number of anilines is 1. The molecule has 29 heavy (non-hydrogen) atoms. The van der Waals surface area contributed by atoms with Crippen molar-refractivity contribution in [1.82, 2.24) is 19.6 Å². The van der Waals surface area contributed by atoms with Crippen LogP contribution in [0.15, 0.2) is 30.3 Å². The first kappa shape index (κ1) is 22.5. The maximum Gasteiger partial charge on any atom is 0.319 e. The lowest BCUT2D eigenvalue weighted by molar-refractivity contribution is -0.116. The molecule has 0 saturated heterocycles. The number of carbonyl (C=O) groups is 2. The fourth-order valence-electron chi connectivity index (χ4n) is 2.87. The van der Waals surface area contributed by atoms with Gasteiger partial charge in [0.05, 0.1) is 11.4 Å². The maximum atomic E-state index is 12.8. The molecule has 0 bridgehead atoms. The molecule has 7 heteroatoms. The number of amides is 3. The molecule has 3 amide bonds. The molecule has 7 nitrogen and oxygen atoms in total. The molecule has 2 aromatic rings. The van der Waals surface area contributed by atoms with Crippen molar-refractivity contribution in [2.75, 3.05) is 32.5 Å². The van der Waals surface area contributed by atoms with Crippen LogP contribution in [0.3, 0.4) is 0 Å². The number of rotatable bonds is 6. The molecule has 0 fully saturated rings. The normalized spacial score (nSPS) is 11.3. The van der Waals surface area contributed by atoms with E-state index in [1.54, 1.807) is 23.7 Å². The average molecular weight is 400 g/mol. The van der Waals surface area contributed by atoms with E-state index in [-0.39, 0.29) is 23.9 Å². The minimum atomic E-state index is -0.248. The Labute approximate surface area is 173 Å². The van der Waals surface area contributed by atoms with E-state index < -0.39 is 0 Å². The molecule has 1 N–H and O–H groups in total. The van der Waals surface area contributed by atoms with Crippen LogP contribution in [0, 0.1) is 6.92 Å². The molecule has 0 atom stereocenters. The van der Waals surface area contributed by atoms with E-state index in [1.807, 2.05) is 44.2 Å². The van der Waals surface area contributed by atoms with Gasteiger partial charge in [0.15, 0.2) is 0 Å². The molecule has 1 aromatic heterocycles. The van der Waals surface area contributed by atoms with Crippen molar-refractivity contribution < 1.29 is 9.59 Å². The van der Waals surface area contributed by atoms with Gasteiger partial charge in [-0.25, -0.2) is 9.48 Å². The molecule has 0 saturated carbocycles. The summed E-state index contributed by atoms with van der Waals surface area (Å²) in [4.78, 5) is 28.1. The number of hydrogen-bond acceptors (Lipinski definition) is 3. The number of hydrogen-bond donors (Lipinski definition) is 1. The van der Waals surface area contributed by atoms with Crippen LogP contribution >= 0.6 is 0 Å². The van der Waals surface area contributed by atoms with Gasteiger partial charge in [-0.2, -0.15) is 5.10 Å². The summed E-state index contributed by atoms with van der Waals surface area (Å²) >= 11 is 0. The van der Waals surface area contributed by atoms with Gasteiger partial charge in [0.2, 0.25) is 5.91 Å². The molecule has 0 aliphatic carbocycles. The molecule has 2 rings (SSSR count). The van der Waals surface area contributed by atoms with Crippen LogP contribution in [-0.2, 0) is 10.2 Å². The second-order valence-electron chi connectivity index (χ2n) is 8.56. The molecule has 158 valence electrons. The minimum absolute atomic E-state index is 0.00518. The van der Waals surface area contributed by atoms with Gasteiger partial charge in [-0.15, -0.1) is 0 Å². The highest BCUT2D eigenvalue weighted by Gasteiger charge is 2.23. The Hall–Kier alpha value is -2.83. The first-order valence-corrected chi connectivity index (χ1v) is 9.96. The van der Waals surface area contributed by atoms with Crippen LogP contribution in [-0.4, -0.2) is 58.7 Å². The SMILES string of the molecule is CCCN(CC(=O)Nc1cc(C(C)(C)C)nn1-c1ccc(C)cc1)C(=O)N(C)C. The molecule has 0 spiro atoms. The number of nitrogens with one attached hydrogen (secondary N) is 1. The fraction of sp³-hybridized carbons (Fsp3) is 0.500. The Balaban J connectivity index is 2.30. The van der Waals surface area contributed by atoms with Crippen molar-refractivity contribution in [2.24, 2.45) is 0 Å². The van der Waals surface area contributed by atoms with Crippen molar-refractivity contribution in [2.45, 2.75) is 46.5 Å². The van der Waals surface area contributed by atoms with Crippen molar-refractivity contribution in [3.8, 4) is 5.69 Å². The average Bonchev–Trinajstić information content (AvgIpc) is 3.05. The van der Waals surface area contributed by atoms with Crippen molar-refractivity contribution >= 4 is 17.8 Å². The van der Waals surface area contributed by atoms with Crippen LogP contribution in [0.2, 0.25) is 0 Å². The van der Waals surface area contributed by atoms with Crippen LogP contribution in [0.5, 0.6) is 0 Å². The monoisotopic (exact) mass is 399 g/mol. The highest BCUT2D eigenvalue weighted by atomic mass is 16.2. The summed E-state index contributed by atoms with van der Waals surface area (Å²) < 4.78 is 1.75. The molecule has 0 aliphatic heterocycles. The summed E-state index contributed by atoms with van der Waals surface area (Å²) in [6.07, 6.45) is 0.780. The van der Waals surface area contributed by atoms with Gasteiger partial charge in [0.1, 0.15) is 12.4 Å². The zero-order valence-corrected chi connectivity index (χ0v) is 18.6. The summed E-state index contributed by atoms with van der Waals surface area (Å²) in [5.41, 5.74) is 2.74. The number of nitrogens with zero attached hydrogens (tertiary/aromatic N) is 4. The van der Waals surface area contributed by atoms with Gasteiger partial charge in [-0.3, -0.25) is 4.79 Å². The topological polar surface area (TPSA) is 70.5 Å². The number of aromatic nitrogens is 2. The summed E-state index contributed by atoms with van der Waals surface area (Å²) in [5.74, 6) is 0.347. The predicted molar refractivity (Wildman–Crippen MR) is 117 cm³/mol. The molecular weight excluding hydrogens is 366 g/mol. The van der Waals surface area contributed by atoms with E-state index >= 15 is 0 Å². The van der Waals surface area contributed by atoms with Gasteiger partial charge in [0, 0.05) is 32.1 Å². The largest absolute Gasteiger partial charge is 0.331 e. The van der Waals surface area contributed by atoms with E-state index in [0.717, 1.165) is 23.4 Å². The van der Waals surface area contributed by atoms with Crippen LogP contribution in [0.1, 0.15) is 45.4 Å². The molecule has 1 aromatic carbocycles. The quantitative estimate of drug-likeness (QED) is 0.803. The standard InChI is InChI=1S/C22H33N5O2/c1-8-13-26(21(29)25(6)7)15-20(28)23-19-14-18(22(3,4)5)24-27(19)17-11-9-16(2)10-12-17/h9-12,14H,8,13,15H2,1-7H3,(H,23,28). The minimum Gasteiger partial charge on any atom is -0.331 e. The number of benzene rings is 1. The van der Waals surface area contributed by atoms with E-state index in [4.69, 9.17) is 5.10 Å². The number of carbonyl (C=O) groups excluding carboxylic acids is 2. The molecule has 0 radical (unpaired) electrons. The van der Waals surface area contributed by atoms with E-state index in [9.17, 15) is 9.59 Å². The van der Waals surface area contributed by atoms with E-state index in [1.165, 1.54) is 4.90 Å². The highest BCUT2D eigenvalue weighted by molar-refractivity contribution is 5.94. The number of urea groups is 1. The van der Waals surface area contributed by atoms with E-state index in [0.29, 0.717) is 12.4 Å². The smallest absolute Gasteiger partial charge is 0.319 e. The Bertz CT molecular complexity index is 847. The summed E-state index contributed by atoms with van der Waals surface area (Å²) in [6, 6.07) is 9.70. The maximum absolute atomic E-state index is 12.8. The van der Waals surface area contributed by atoms with Crippen molar-refractivity contribution in [1.29, 1.82) is 0 Å². The third-order valence-electron chi connectivity index (χ3n) is 4.50. The van der Waals surface area contributed by atoms with Gasteiger partial charge in [-0.1, -0.05) is 45.4 Å². The Morgan fingerprint density at radius 2 is 1.76 bits per heavy atom. The van der Waals surface area contributed by atoms with Crippen LogP contribution in [0.4, 0.5) is 10.6 Å².